The molecule has 1 amide bonds. The van der Waals surface area contributed by atoms with Crippen LogP contribution in [0.15, 0.2) is 23.6 Å². The van der Waals surface area contributed by atoms with E-state index in [1.54, 1.807) is 16.0 Å². The molecule has 0 N–H and O–H groups in total. The molecule has 2 aromatic rings. The maximum atomic E-state index is 13.0. The second kappa shape index (κ2) is 7.15. The Morgan fingerprint density at radius 3 is 2.58 bits per heavy atom. The fourth-order valence-electron chi connectivity index (χ4n) is 3.79. The molecule has 2 aromatic heterocycles. The number of hydrogen-bond donors (Lipinski definition) is 0. The first-order chi connectivity index (χ1) is 12.5. The van der Waals surface area contributed by atoms with E-state index in [1.165, 1.54) is 12.8 Å². The summed E-state index contributed by atoms with van der Waals surface area (Å²) in [5, 5.41) is 6.57. The third-order valence-electron chi connectivity index (χ3n) is 5.18. The van der Waals surface area contributed by atoms with E-state index in [0.29, 0.717) is 12.1 Å². The van der Waals surface area contributed by atoms with E-state index in [2.05, 4.69) is 5.10 Å². The number of rotatable bonds is 3. The lowest BCUT2D eigenvalue weighted by molar-refractivity contribution is 0.0754. The first-order valence-corrected chi connectivity index (χ1v) is 11.9. The molecule has 4 rings (SSSR count). The van der Waals surface area contributed by atoms with E-state index in [9.17, 15) is 13.2 Å². The maximum Gasteiger partial charge on any atom is 0.274 e. The largest absolute Gasteiger partial charge is 0.337 e. The highest BCUT2D eigenvalue weighted by molar-refractivity contribution is 7.91. The molecule has 0 bridgehead atoms. The molecule has 140 valence electrons. The topological polar surface area (TPSA) is 72.3 Å². The lowest BCUT2D eigenvalue weighted by atomic mass is 10.2. The van der Waals surface area contributed by atoms with Crippen molar-refractivity contribution in [2.45, 2.75) is 38.1 Å². The number of likely N-dealkylation sites (tertiary alicyclic amines) is 1. The van der Waals surface area contributed by atoms with Crippen LogP contribution in [0.25, 0.3) is 10.6 Å². The molecule has 0 aliphatic carbocycles. The average molecular weight is 394 g/mol. The van der Waals surface area contributed by atoms with Crippen LogP contribution < -0.4 is 0 Å². The van der Waals surface area contributed by atoms with Crippen LogP contribution in [0.4, 0.5) is 0 Å². The molecular weight excluding hydrogens is 370 g/mol. The summed E-state index contributed by atoms with van der Waals surface area (Å²) in [5.74, 6) is 0.255. The molecule has 2 saturated heterocycles. The van der Waals surface area contributed by atoms with E-state index in [-0.39, 0.29) is 23.5 Å². The highest BCUT2D eigenvalue weighted by Crippen LogP contribution is 2.32. The zero-order valence-electron chi connectivity index (χ0n) is 14.6. The van der Waals surface area contributed by atoms with Gasteiger partial charge >= 0.3 is 0 Å². The molecule has 0 spiro atoms. The smallest absolute Gasteiger partial charge is 0.274 e. The van der Waals surface area contributed by atoms with Gasteiger partial charge in [0.2, 0.25) is 0 Å². The third-order valence-corrected chi connectivity index (χ3v) is 7.82. The van der Waals surface area contributed by atoms with E-state index < -0.39 is 9.84 Å². The lowest BCUT2D eigenvalue weighted by Crippen LogP contribution is -2.32. The second-order valence-corrected chi connectivity index (χ2v) is 10.3. The van der Waals surface area contributed by atoms with Crippen molar-refractivity contribution in [1.29, 1.82) is 0 Å². The van der Waals surface area contributed by atoms with Crippen LogP contribution in [-0.4, -0.2) is 53.6 Å². The predicted octanol–water partition coefficient (Wildman–Crippen LogP) is 2.99. The Morgan fingerprint density at radius 1 is 1.19 bits per heavy atom. The summed E-state index contributed by atoms with van der Waals surface area (Å²) in [7, 11) is -3.02. The summed E-state index contributed by atoms with van der Waals surface area (Å²) < 4.78 is 25.6. The summed E-state index contributed by atoms with van der Waals surface area (Å²) in [5.41, 5.74) is 1.28. The minimum absolute atomic E-state index is 0.0377. The fraction of sp³-hybridized carbons (Fsp3) is 0.556. The van der Waals surface area contributed by atoms with E-state index in [0.717, 1.165) is 36.5 Å². The van der Waals surface area contributed by atoms with E-state index in [1.807, 2.05) is 28.5 Å². The fourth-order valence-corrected chi connectivity index (χ4v) is 6.22. The number of nitrogens with zero attached hydrogens (tertiary/aromatic N) is 3. The van der Waals surface area contributed by atoms with E-state index >= 15 is 0 Å². The Bertz CT molecular complexity index is 879. The number of carbonyl (C=O) groups excluding carboxylic acids is 1. The van der Waals surface area contributed by atoms with Crippen molar-refractivity contribution >= 4 is 27.1 Å². The molecular formula is C18H23N3O3S2. The normalized spacial score (nSPS) is 23.1. The zero-order chi connectivity index (χ0) is 18.1. The first-order valence-electron chi connectivity index (χ1n) is 9.17. The van der Waals surface area contributed by atoms with Gasteiger partial charge in [-0.3, -0.25) is 9.48 Å². The molecule has 26 heavy (non-hydrogen) atoms. The van der Waals surface area contributed by atoms with Crippen LogP contribution in [0.5, 0.6) is 0 Å². The molecule has 8 heteroatoms. The second-order valence-electron chi connectivity index (χ2n) is 7.10. The SMILES string of the molecule is O=C(c1cc(-c2cccs2)n([C@H]2CCS(=O)(=O)C2)n1)N1CCCCCC1. The van der Waals surface area contributed by atoms with Crippen LogP contribution in [0.3, 0.4) is 0 Å². The van der Waals surface area contributed by atoms with E-state index in [4.69, 9.17) is 0 Å². The molecule has 4 heterocycles. The Kier molecular flexibility index (Phi) is 4.88. The molecule has 6 nitrogen and oxygen atoms in total. The first kappa shape index (κ1) is 17.7. The minimum atomic E-state index is -3.02. The van der Waals surface area contributed by atoms with Gasteiger partial charge in [-0.1, -0.05) is 18.9 Å². The average Bonchev–Trinajstić information content (AvgIpc) is 3.30. The van der Waals surface area contributed by atoms with Crippen molar-refractivity contribution in [1.82, 2.24) is 14.7 Å². The van der Waals surface area contributed by atoms with Gasteiger partial charge in [-0.25, -0.2) is 8.42 Å². The van der Waals surface area contributed by atoms with Crippen molar-refractivity contribution in [2.24, 2.45) is 0 Å². The molecule has 0 unspecified atom stereocenters. The summed E-state index contributed by atoms with van der Waals surface area (Å²) in [6, 6.07) is 5.59. The van der Waals surface area contributed by atoms with Gasteiger partial charge in [0.05, 0.1) is 28.1 Å². The Labute approximate surface area is 157 Å². The number of carbonyl (C=O) groups is 1. The van der Waals surface area contributed by atoms with Gasteiger partial charge in [0.1, 0.15) is 0 Å². The standard InChI is InChI=1S/C18H23N3O3S2/c22-18(20-8-3-1-2-4-9-20)15-12-16(17-6-5-10-25-17)21(19-15)14-7-11-26(23,24)13-14/h5-6,10,12,14H,1-4,7-9,11,13H2/t14-/m0/s1. The molecule has 0 radical (unpaired) electrons. The number of aromatic nitrogens is 2. The van der Waals surface area contributed by atoms with Crippen LogP contribution >= 0.6 is 11.3 Å². The van der Waals surface area contributed by atoms with Crippen molar-refractivity contribution in [3.8, 4) is 10.6 Å². The van der Waals surface area contributed by atoms with Crippen LogP contribution in [0.1, 0.15) is 48.6 Å². The monoisotopic (exact) mass is 393 g/mol. The maximum absolute atomic E-state index is 13.0. The van der Waals surface area contributed by atoms with Gasteiger partial charge in [0.25, 0.3) is 5.91 Å². The number of hydrogen-bond acceptors (Lipinski definition) is 5. The lowest BCUT2D eigenvalue weighted by Gasteiger charge is -2.18. The quantitative estimate of drug-likeness (QED) is 0.804. The number of thiophene rings is 1. The van der Waals surface area contributed by atoms with Gasteiger partial charge in [0, 0.05) is 13.1 Å². The van der Waals surface area contributed by atoms with Gasteiger partial charge in [0.15, 0.2) is 15.5 Å². The van der Waals surface area contributed by atoms with Crippen LogP contribution in [0, 0.1) is 0 Å². The van der Waals surface area contributed by atoms with Crippen molar-refractivity contribution < 1.29 is 13.2 Å². The molecule has 2 aliphatic rings. The Balaban J connectivity index is 1.68. The Hall–Kier alpha value is -1.67. The summed E-state index contributed by atoms with van der Waals surface area (Å²) >= 11 is 1.58. The third kappa shape index (κ3) is 3.57. The molecule has 0 aromatic carbocycles. The van der Waals surface area contributed by atoms with Gasteiger partial charge in [-0.05, 0) is 36.8 Å². The van der Waals surface area contributed by atoms with Crippen LogP contribution in [0.2, 0.25) is 0 Å². The zero-order valence-corrected chi connectivity index (χ0v) is 16.3. The summed E-state index contributed by atoms with van der Waals surface area (Å²) in [6.07, 6.45) is 4.95. The Morgan fingerprint density at radius 2 is 1.96 bits per heavy atom. The minimum Gasteiger partial charge on any atom is -0.337 e. The molecule has 0 saturated carbocycles. The molecule has 2 aliphatic heterocycles. The van der Waals surface area contributed by atoms with Gasteiger partial charge in [-0.15, -0.1) is 11.3 Å². The molecule has 2 fully saturated rings. The van der Waals surface area contributed by atoms with Gasteiger partial charge < -0.3 is 4.90 Å². The number of amides is 1. The summed E-state index contributed by atoms with van der Waals surface area (Å²) in [4.78, 5) is 15.9. The summed E-state index contributed by atoms with van der Waals surface area (Å²) in [6.45, 7) is 1.55. The van der Waals surface area contributed by atoms with Crippen molar-refractivity contribution in [3.05, 3.63) is 29.3 Å². The van der Waals surface area contributed by atoms with Crippen molar-refractivity contribution in [3.63, 3.8) is 0 Å². The van der Waals surface area contributed by atoms with Crippen molar-refractivity contribution in [2.75, 3.05) is 24.6 Å². The highest BCUT2D eigenvalue weighted by Gasteiger charge is 2.33. The highest BCUT2D eigenvalue weighted by atomic mass is 32.2. The predicted molar refractivity (Wildman–Crippen MR) is 102 cm³/mol. The number of sulfone groups is 1. The van der Waals surface area contributed by atoms with Crippen LogP contribution in [-0.2, 0) is 9.84 Å². The molecule has 1 atom stereocenters. The van der Waals surface area contributed by atoms with Gasteiger partial charge in [-0.2, -0.15) is 5.10 Å².